The number of rotatable bonds is 7. The molecule has 25 heavy (non-hydrogen) atoms. The van der Waals surface area contributed by atoms with Crippen molar-refractivity contribution in [2.75, 3.05) is 11.9 Å². The van der Waals surface area contributed by atoms with Crippen molar-refractivity contribution in [2.24, 2.45) is 0 Å². The molecule has 0 fully saturated rings. The van der Waals surface area contributed by atoms with Gasteiger partial charge in [-0.15, -0.1) is 0 Å². The van der Waals surface area contributed by atoms with Gasteiger partial charge in [0, 0.05) is 6.20 Å². The van der Waals surface area contributed by atoms with Gasteiger partial charge < -0.3 is 15.4 Å². The van der Waals surface area contributed by atoms with Crippen LogP contribution in [0.1, 0.15) is 25.5 Å². The number of nitriles is 1. The van der Waals surface area contributed by atoms with Gasteiger partial charge in [-0.3, -0.25) is 4.79 Å². The third kappa shape index (κ3) is 5.11. The van der Waals surface area contributed by atoms with Crippen LogP contribution in [0.5, 0.6) is 5.75 Å². The fourth-order valence-corrected chi connectivity index (χ4v) is 2.27. The number of hydrogen-bond acceptors (Lipinski definition) is 4. The van der Waals surface area contributed by atoms with Crippen LogP contribution >= 0.6 is 0 Å². The Morgan fingerprint density at radius 3 is 2.56 bits per heavy atom. The summed E-state index contributed by atoms with van der Waals surface area (Å²) < 4.78 is 5.51. The Bertz CT molecular complexity index is 779. The van der Waals surface area contributed by atoms with Gasteiger partial charge in [0.15, 0.2) is 0 Å². The second-order valence-electron chi connectivity index (χ2n) is 5.35. The number of amides is 1. The number of nitrogens with zero attached hydrogens (tertiary/aromatic N) is 1. The molecule has 2 N–H and O–H groups in total. The minimum atomic E-state index is -0.430. The summed E-state index contributed by atoms with van der Waals surface area (Å²) in [4.78, 5) is 12.3. The van der Waals surface area contributed by atoms with Gasteiger partial charge in [-0.05, 0) is 31.5 Å². The molecule has 0 saturated carbocycles. The molecule has 2 aromatic rings. The summed E-state index contributed by atoms with van der Waals surface area (Å²) in [6, 6.07) is 18.7. The van der Waals surface area contributed by atoms with Crippen LogP contribution in [0.15, 0.2) is 66.4 Å². The quantitative estimate of drug-likeness (QED) is 0.596. The lowest BCUT2D eigenvalue weighted by Gasteiger charge is -2.14. The van der Waals surface area contributed by atoms with E-state index in [1.807, 2.05) is 74.5 Å². The zero-order chi connectivity index (χ0) is 18.1. The lowest BCUT2D eigenvalue weighted by atomic mass is 10.1. The van der Waals surface area contributed by atoms with Gasteiger partial charge in [-0.25, -0.2) is 0 Å². The van der Waals surface area contributed by atoms with Crippen molar-refractivity contribution in [3.05, 3.63) is 71.9 Å². The number of carbonyl (C=O) groups is 1. The molecule has 0 heterocycles. The van der Waals surface area contributed by atoms with E-state index in [-0.39, 0.29) is 11.6 Å². The molecule has 1 amide bonds. The molecule has 0 aliphatic heterocycles. The van der Waals surface area contributed by atoms with Crippen LogP contribution in [0, 0.1) is 11.3 Å². The Morgan fingerprint density at radius 2 is 1.88 bits per heavy atom. The monoisotopic (exact) mass is 335 g/mol. The van der Waals surface area contributed by atoms with Crippen molar-refractivity contribution in [1.82, 2.24) is 5.32 Å². The van der Waals surface area contributed by atoms with E-state index in [2.05, 4.69) is 10.6 Å². The lowest BCUT2D eigenvalue weighted by Crippen LogP contribution is -2.28. The van der Waals surface area contributed by atoms with Crippen molar-refractivity contribution in [2.45, 2.75) is 19.9 Å². The molecule has 0 aromatic heterocycles. The van der Waals surface area contributed by atoms with E-state index in [0.717, 1.165) is 5.56 Å². The fourth-order valence-electron chi connectivity index (χ4n) is 2.27. The highest BCUT2D eigenvalue weighted by atomic mass is 16.5. The van der Waals surface area contributed by atoms with Crippen molar-refractivity contribution in [1.29, 1.82) is 5.26 Å². The Balaban J connectivity index is 2.07. The zero-order valence-electron chi connectivity index (χ0n) is 14.3. The van der Waals surface area contributed by atoms with Crippen LogP contribution in [0.3, 0.4) is 0 Å². The van der Waals surface area contributed by atoms with Crippen LogP contribution in [0.25, 0.3) is 0 Å². The average molecular weight is 335 g/mol. The lowest BCUT2D eigenvalue weighted by molar-refractivity contribution is -0.117. The van der Waals surface area contributed by atoms with Crippen molar-refractivity contribution in [3.8, 4) is 11.8 Å². The summed E-state index contributed by atoms with van der Waals surface area (Å²) in [5.74, 6) is 0.233. The summed E-state index contributed by atoms with van der Waals surface area (Å²) in [5, 5.41) is 15.1. The van der Waals surface area contributed by atoms with Crippen LogP contribution in [-0.2, 0) is 4.79 Å². The molecule has 0 saturated heterocycles. The highest BCUT2D eigenvalue weighted by molar-refractivity contribution is 5.97. The van der Waals surface area contributed by atoms with Gasteiger partial charge in [0.1, 0.15) is 17.4 Å². The predicted octanol–water partition coefficient (Wildman–Crippen LogP) is 3.78. The first-order valence-corrected chi connectivity index (χ1v) is 8.10. The summed E-state index contributed by atoms with van der Waals surface area (Å²) in [6.07, 6.45) is 1.39. The number of hydrogen-bond donors (Lipinski definition) is 2. The average Bonchev–Trinajstić information content (AvgIpc) is 2.64. The maximum atomic E-state index is 12.3. The van der Waals surface area contributed by atoms with Gasteiger partial charge in [-0.2, -0.15) is 5.26 Å². The molecule has 0 spiro atoms. The molecule has 2 aromatic carbocycles. The molecule has 2 rings (SSSR count). The van der Waals surface area contributed by atoms with E-state index < -0.39 is 5.91 Å². The van der Waals surface area contributed by atoms with E-state index in [1.54, 1.807) is 0 Å². The standard InChI is InChI=1S/C20H21N3O2/c1-3-25-19-12-8-7-11-18(19)22-14-17(13-21)20(24)23-15(2)16-9-5-4-6-10-16/h4-12,14-15,22H,3H2,1-2H3,(H,23,24)/b17-14-. The third-order valence-electron chi connectivity index (χ3n) is 3.57. The molecular weight excluding hydrogens is 314 g/mol. The molecule has 0 radical (unpaired) electrons. The van der Waals surface area contributed by atoms with Gasteiger partial charge in [0.05, 0.1) is 18.3 Å². The molecule has 128 valence electrons. The molecule has 0 aliphatic carbocycles. The number of anilines is 1. The smallest absolute Gasteiger partial charge is 0.263 e. The SMILES string of the molecule is CCOc1ccccc1N/C=C(/C#N)C(=O)NC(C)c1ccccc1. The fraction of sp³-hybridized carbons (Fsp3) is 0.200. The molecule has 5 nitrogen and oxygen atoms in total. The van der Waals surface area contributed by atoms with E-state index >= 15 is 0 Å². The van der Waals surface area contributed by atoms with Crippen molar-refractivity contribution >= 4 is 11.6 Å². The normalized spacial score (nSPS) is 12.0. The number of carbonyl (C=O) groups excluding carboxylic acids is 1. The maximum absolute atomic E-state index is 12.3. The highest BCUT2D eigenvalue weighted by Gasteiger charge is 2.13. The molecule has 1 unspecified atom stereocenters. The predicted molar refractivity (Wildman–Crippen MR) is 97.9 cm³/mol. The number of nitrogens with one attached hydrogen (secondary N) is 2. The minimum Gasteiger partial charge on any atom is -0.492 e. The van der Waals surface area contributed by atoms with Crippen LogP contribution < -0.4 is 15.4 Å². The van der Waals surface area contributed by atoms with Gasteiger partial charge in [-0.1, -0.05) is 42.5 Å². The maximum Gasteiger partial charge on any atom is 0.263 e. The summed E-state index contributed by atoms with van der Waals surface area (Å²) in [6.45, 7) is 4.30. The Morgan fingerprint density at radius 1 is 1.20 bits per heavy atom. The molecular formula is C20H21N3O2. The molecule has 0 bridgehead atoms. The van der Waals surface area contributed by atoms with Crippen molar-refractivity contribution < 1.29 is 9.53 Å². The number of benzene rings is 2. The second-order valence-corrected chi connectivity index (χ2v) is 5.35. The highest BCUT2D eigenvalue weighted by Crippen LogP contribution is 2.23. The van der Waals surface area contributed by atoms with Crippen LogP contribution in [0.4, 0.5) is 5.69 Å². The Hall–Kier alpha value is -3.26. The largest absolute Gasteiger partial charge is 0.492 e. The van der Waals surface area contributed by atoms with E-state index in [9.17, 15) is 10.1 Å². The first-order valence-electron chi connectivity index (χ1n) is 8.10. The summed E-state index contributed by atoms with van der Waals surface area (Å²) in [7, 11) is 0. The molecule has 0 aliphatic rings. The first kappa shape index (κ1) is 18.1. The van der Waals surface area contributed by atoms with E-state index in [0.29, 0.717) is 18.0 Å². The minimum absolute atomic E-state index is 0.00548. The van der Waals surface area contributed by atoms with E-state index in [4.69, 9.17) is 4.74 Å². The second kappa shape index (κ2) is 9.14. The number of ether oxygens (including phenoxy) is 1. The molecule has 5 heteroatoms. The van der Waals surface area contributed by atoms with Crippen LogP contribution in [0.2, 0.25) is 0 Å². The first-order chi connectivity index (χ1) is 12.2. The Labute approximate surface area is 147 Å². The molecule has 1 atom stereocenters. The topological polar surface area (TPSA) is 74.1 Å². The van der Waals surface area contributed by atoms with Gasteiger partial charge >= 0.3 is 0 Å². The Kier molecular flexibility index (Phi) is 6.61. The summed E-state index contributed by atoms with van der Waals surface area (Å²) in [5.41, 5.74) is 1.66. The summed E-state index contributed by atoms with van der Waals surface area (Å²) >= 11 is 0. The van der Waals surface area contributed by atoms with Crippen LogP contribution in [-0.4, -0.2) is 12.5 Å². The van der Waals surface area contributed by atoms with E-state index in [1.165, 1.54) is 6.20 Å². The van der Waals surface area contributed by atoms with Gasteiger partial charge in [0.25, 0.3) is 5.91 Å². The van der Waals surface area contributed by atoms with Gasteiger partial charge in [0.2, 0.25) is 0 Å². The third-order valence-corrected chi connectivity index (χ3v) is 3.57. The van der Waals surface area contributed by atoms with Crippen molar-refractivity contribution in [3.63, 3.8) is 0 Å². The zero-order valence-corrected chi connectivity index (χ0v) is 14.3. The number of para-hydroxylation sites is 2.